The maximum atomic E-state index is 13.7. The molecule has 3 rings (SSSR count). The quantitative estimate of drug-likeness (QED) is 0.704. The van der Waals surface area contributed by atoms with E-state index in [4.69, 9.17) is 13.9 Å². The van der Waals surface area contributed by atoms with Crippen LogP contribution in [-0.2, 0) is 6.61 Å². The fourth-order valence-corrected chi connectivity index (χ4v) is 2.34. The Bertz CT molecular complexity index is 920. The summed E-state index contributed by atoms with van der Waals surface area (Å²) in [6.07, 6.45) is 0. The maximum absolute atomic E-state index is 13.7. The topological polar surface area (TPSA) is 60.7 Å². The molecule has 0 aliphatic rings. The van der Waals surface area contributed by atoms with Gasteiger partial charge in [0.2, 0.25) is 0 Å². The van der Waals surface area contributed by atoms with Crippen molar-refractivity contribution in [3.05, 3.63) is 77.5 Å². The van der Waals surface area contributed by atoms with Crippen LogP contribution in [-0.4, -0.2) is 13.0 Å². The number of carbonyl (C=O) groups excluding carboxylic acids is 1. The summed E-state index contributed by atoms with van der Waals surface area (Å²) in [5, 5.41) is 2.50. The van der Waals surface area contributed by atoms with Crippen LogP contribution in [0, 0.1) is 12.7 Å². The van der Waals surface area contributed by atoms with Gasteiger partial charge >= 0.3 is 0 Å². The van der Waals surface area contributed by atoms with Gasteiger partial charge in [-0.3, -0.25) is 4.79 Å². The van der Waals surface area contributed by atoms with Gasteiger partial charge in [0.25, 0.3) is 5.91 Å². The van der Waals surface area contributed by atoms with Crippen LogP contribution in [0.4, 0.5) is 10.1 Å². The van der Waals surface area contributed by atoms with Crippen molar-refractivity contribution in [1.29, 1.82) is 0 Å². The predicted octanol–water partition coefficient (Wildman–Crippen LogP) is 4.57. The van der Waals surface area contributed by atoms with Gasteiger partial charge in [-0.1, -0.05) is 12.1 Å². The highest BCUT2D eigenvalue weighted by atomic mass is 19.1. The van der Waals surface area contributed by atoms with Gasteiger partial charge in [-0.2, -0.15) is 0 Å². The van der Waals surface area contributed by atoms with Crippen molar-refractivity contribution in [2.24, 2.45) is 0 Å². The number of anilines is 1. The van der Waals surface area contributed by atoms with Crippen molar-refractivity contribution < 1.29 is 23.1 Å². The molecule has 0 fully saturated rings. The maximum Gasteiger partial charge on any atom is 0.291 e. The molecule has 0 bridgehead atoms. The van der Waals surface area contributed by atoms with E-state index < -0.39 is 11.7 Å². The van der Waals surface area contributed by atoms with Gasteiger partial charge in [0.05, 0.1) is 12.8 Å². The van der Waals surface area contributed by atoms with Crippen molar-refractivity contribution in [2.75, 3.05) is 12.4 Å². The number of rotatable bonds is 6. The second-order valence-electron chi connectivity index (χ2n) is 5.67. The monoisotopic (exact) mass is 355 g/mol. The first-order valence-corrected chi connectivity index (χ1v) is 7.98. The molecule has 0 saturated heterocycles. The van der Waals surface area contributed by atoms with Crippen LogP contribution < -0.4 is 14.8 Å². The molecule has 0 unspecified atom stereocenters. The van der Waals surface area contributed by atoms with Gasteiger partial charge < -0.3 is 19.2 Å². The standard InChI is InChI=1S/C20H18FNO4/c1-13-6-8-17(21)18(10-13)22-20(23)19-9-7-16(26-19)12-25-15-5-3-4-14(11-15)24-2/h3-11H,12H2,1-2H3,(H,22,23). The first kappa shape index (κ1) is 17.5. The van der Waals surface area contributed by atoms with Crippen LogP contribution in [0.3, 0.4) is 0 Å². The third-order valence-electron chi connectivity index (χ3n) is 3.68. The molecule has 0 saturated carbocycles. The van der Waals surface area contributed by atoms with Crippen molar-refractivity contribution in [1.82, 2.24) is 0 Å². The van der Waals surface area contributed by atoms with E-state index in [9.17, 15) is 9.18 Å². The van der Waals surface area contributed by atoms with E-state index in [-0.39, 0.29) is 18.1 Å². The zero-order valence-electron chi connectivity index (χ0n) is 14.4. The lowest BCUT2D eigenvalue weighted by Gasteiger charge is -2.07. The molecule has 0 radical (unpaired) electrons. The Morgan fingerprint density at radius 1 is 1.12 bits per heavy atom. The predicted molar refractivity (Wildman–Crippen MR) is 95.1 cm³/mol. The largest absolute Gasteiger partial charge is 0.497 e. The number of hydrogen-bond donors (Lipinski definition) is 1. The number of benzene rings is 2. The molecule has 1 amide bonds. The zero-order valence-corrected chi connectivity index (χ0v) is 14.4. The Balaban J connectivity index is 1.63. The number of aryl methyl sites for hydroxylation is 1. The first-order valence-electron chi connectivity index (χ1n) is 7.98. The highest BCUT2D eigenvalue weighted by Gasteiger charge is 2.14. The lowest BCUT2D eigenvalue weighted by Crippen LogP contribution is -2.12. The van der Waals surface area contributed by atoms with Crippen LogP contribution >= 0.6 is 0 Å². The number of halogens is 1. The second kappa shape index (κ2) is 7.74. The smallest absolute Gasteiger partial charge is 0.291 e. The lowest BCUT2D eigenvalue weighted by atomic mass is 10.2. The molecule has 134 valence electrons. The number of carbonyl (C=O) groups is 1. The number of amides is 1. The van der Waals surface area contributed by atoms with Gasteiger partial charge in [-0.25, -0.2) is 4.39 Å². The molecule has 3 aromatic rings. The van der Waals surface area contributed by atoms with Crippen molar-refractivity contribution in [2.45, 2.75) is 13.5 Å². The number of ether oxygens (including phenoxy) is 2. The summed E-state index contributed by atoms with van der Waals surface area (Å²) in [5.74, 6) is 0.827. The molecule has 2 aromatic carbocycles. The van der Waals surface area contributed by atoms with E-state index in [2.05, 4.69) is 5.32 Å². The Hall–Kier alpha value is -3.28. The summed E-state index contributed by atoms with van der Waals surface area (Å²) in [7, 11) is 1.58. The van der Waals surface area contributed by atoms with Crippen molar-refractivity contribution in [3.63, 3.8) is 0 Å². The average molecular weight is 355 g/mol. The van der Waals surface area contributed by atoms with E-state index in [1.54, 1.807) is 37.4 Å². The minimum atomic E-state index is -0.526. The molecule has 1 N–H and O–H groups in total. The van der Waals surface area contributed by atoms with Crippen LogP contribution in [0.2, 0.25) is 0 Å². The molecular formula is C20H18FNO4. The Morgan fingerprint density at radius 2 is 1.92 bits per heavy atom. The normalized spacial score (nSPS) is 10.4. The highest BCUT2D eigenvalue weighted by Crippen LogP contribution is 2.21. The third kappa shape index (κ3) is 4.22. The van der Waals surface area contributed by atoms with Crippen molar-refractivity contribution in [3.8, 4) is 11.5 Å². The van der Waals surface area contributed by atoms with E-state index in [0.717, 1.165) is 5.56 Å². The van der Waals surface area contributed by atoms with Crippen molar-refractivity contribution >= 4 is 11.6 Å². The second-order valence-corrected chi connectivity index (χ2v) is 5.67. The molecule has 26 heavy (non-hydrogen) atoms. The number of furan rings is 1. The highest BCUT2D eigenvalue weighted by molar-refractivity contribution is 6.02. The molecule has 0 atom stereocenters. The van der Waals surface area contributed by atoms with E-state index in [0.29, 0.717) is 17.3 Å². The fourth-order valence-electron chi connectivity index (χ4n) is 2.34. The van der Waals surface area contributed by atoms with Gasteiger partial charge in [-0.05, 0) is 48.9 Å². The third-order valence-corrected chi connectivity index (χ3v) is 3.68. The molecule has 1 heterocycles. The minimum absolute atomic E-state index is 0.0788. The van der Waals surface area contributed by atoms with E-state index in [1.165, 1.54) is 12.1 Å². The summed E-state index contributed by atoms with van der Waals surface area (Å²) in [5.41, 5.74) is 0.953. The SMILES string of the molecule is COc1cccc(OCc2ccc(C(=O)Nc3cc(C)ccc3F)o2)c1. The van der Waals surface area contributed by atoms with Gasteiger partial charge in [0, 0.05) is 6.07 Å². The average Bonchev–Trinajstić information content (AvgIpc) is 3.12. The van der Waals surface area contributed by atoms with Crippen LogP contribution in [0.15, 0.2) is 59.0 Å². The number of methoxy groups -OCH3 is 1. The summed E-state index contributed by atoms with van der Waals surface area (Å²) < 4.78 is 30.0. The lowest BCUT2D eigenvalue weighted by molar-refractivity contribution is 0.0992. The zero-order chi connectivity index (χ0) is 18.5. The van der Waals surface area contributed by atoms with Crippen LogP contribution in [0.5, 0.6) is 11.5 Å². The van der Waals surface area contributed by atoms with Gasteiger partial charge in [0.15, 0.2) is 5.76 Å². The molecule has 0 spiro atoms. The Morgan fingerprint density at radius 3 is 2.73 bits per heavy atom. The fraction of sp³-hybridized carbons (Fsp3) is 0.150. The summed E-state index contributed by atoms with van der Waals surface area (Å²) in [4.78, 5) is 12.2. The Kier molecular flexibility index (Phi) is 5.22. The van der Waals surface area contributed by atoms with E-state index in [1.807, 2.05) is 19.1 Å². The Labute approximate surface area is 150 Å². The number of nitrogens with one attached hydrogen (secondary N) is 1. The van der Waals surface area contributed by atoms with Gasteiger partial charge in [0.1, 0.15) is 29.7 Å². The minimum Gasteiger partial charge on any atom is -0.497 e. The molecule has 6 heteroatoms. The van der Waals surface area contributed by atoms with Gasteiger partial charge in [-0.15, -0.1) is 0 Å². The summed E-state index contributed by atoms with van der Waals surface area (Å²) >= 11 is 0. The molecule has 0 aliphatic heterocycles. The number of hydrogen-bond acceptors (Lipinski definition) is 4. The molecule has 0 aliphatic carbocycles. The first-order chi connectivity index (χ1) is 12.5. The molecule has 5 nitrogen and oxygen atoms in total. The molecule has 1 aromatic heterocycles. The van der Waals surface area contributed by atoms with E-state index >= 15 is 0 Å². The van der Waals surface area contributed by atoms with Crippen LogP contribution in [0.1, 0.15) is 21.9 Å². The summed E-state index contributed by atoms with van der Waals surface area (Å²) in [6.45, 7) is 1.97. The summed E-state index contributed by atoms with van der Waals surface area (Å²) in [6, 6.07) is 14.8. The van der Waals surface area contributed by atoms with Crippen LogP contribution in [0.25, 0.3) is 0 Å². The molecular weight excluding hydrogens is 337 g/mol.